The van der Waals surface area contributed by atoms with Gasteiger partial charge in [0.05, 0.1) is 0 Å². The Morgan fingerprint density at radius 1 is 1.23 bits per heavy atom. The van der Waals surface area contributed by atoms with Gasteiger partial charge >= 0.3 is 6.09 Å². The van der Waals surface area contributed by atoms with E-state index < -0.39 is 5.60 Å². The minimum atomic E-state index is -0.423. The Bertz CT molecular complexity index is 316. The summed E-state index contributed by atoms with van der Waals surface area (Å²) in [5.41, 5.74) is -0.423. The van der Waals surface area contributed by atoms with Crippen LogP contribution in [-0.2, 0) is 9.47 Å². The van der Waals surface area contributed by atoms with Crippen molar-refractivity contribution in [2.45, 2.75) is 70.9 Å². The number of unbranched alkanes of at least 4 members (excludes halogenated alkanes) is 2. The molecule has 1 rings (SSSR count). The Hall–Kier alpha value is -0.810. The van der Waals surface area contributed by atoms with Crippen molar-refractivity contribution >= 4 is 6.09 Å². The van der Waals surface area contributed by atoms with Gasteiger partial charge in [0.1, 0.15) is 5.60 Å². The zero-order valence-corrected chi connectivity index (χ0v) is 14.8. The second kappa shape index (κ2) is 10.1. The number of amides is 1. The molecule has 22 heavy (non-hydrogen) atoms. The standard InChI is InChI=1S/C17H34N2O3/c1-17(2,3)22-16(20)19-12-8-6-10-15(19)14-18-11-7-5-9-13-21-4/h15,18H,5-14H2,1-4H3. The highest BCUT2D eigenvalue weighted by Crippen LogP contribution is 2.20. The molecule has 0 aliphatic carbocycles. The zero-order chi connectivity index (χ0) is 16.4. The van der Waals surface area contributed by atoms with Crippen molar-refractivity contribution < 1.29 is 14.3 Å². The highest BCUT2D eigenvalue weighted by molar-refractivity contribution is 5.68. The van der Waals surface area contributed by atoms with Crippen LogP contribution in [0.2, 0.25) is 0 Å². The Kier molecular flexibility index (Phi) is 8.79. The molecule has 1 unspecified atom stereocenters. The van der Waals surface area contributed by atoms with E-state index in [2.05, 4.69) is 5.32 Å². The lowest BCUT2D eigenvalue weighted by molar-refractivity contribution is 0.00997. The molecule has 0 saturated carbocycles. The second-order valence-electron chi connectivity index (χ2n) is 7.08. The number of methoxy groups -OCH3 is 1. The lowest BCUT2D eigenvalue weighted by Crippen LogP contribution is -2.50. The number of nitrogens with zero attached hydrogens (tertiary/aromatic N) is 1. The maximum absolute atomic E-state index is 12.3. The van der Waals surface area contributed by atoms with Gasteiger partial charge in [-0.3, -0.25) is 0 Å². The monoisotopic (exact) mass is 314 g/mol. The van der Waals surface area contributed by atoms with E-state index in [4.69, 9.17) is 9.47 Å². The van der Waals surface area contributed by atoms with Crippen LogP contribution in [0.1, 0.15) is 59.3 Å². The molecule has 1 saturated heterocycles. The Morgan fingerprint density at radius 2 is 2.00 bits per heavy atom. The SMILES string of the molecule is COCCCCCNCC1CCCCN1C(=O)OC(C)(C)C. The number of hydrogen-bond acceptors (Lipinski definition) is 4. The molecule has 1 fully saturated rings. The summed E-state index contributed by atoms with van der Waals surface area (Å²) in [5.74, 6) is 0. The predicted octanol–water partition coefficient (Wildman–Crippen LogP) is 3.18. The van der Waals surface area contributed by atoms with Gasteiger partial charge in [-0.2, -0.15) is 0 Å². The van der Waals surface area contributed by atoms with Gasteiger partial charge in [-0.05, 0) is 65.8 Å². The van der Waals surface area contributed by atoms with Gasteiger partial charge in [-0.1, -0.05) is 0 Å². The number of ether oxygens (including phenoxy) is 2. The highest BCUT2D eigenvalue weighted by atomic mass is 16.6. The third-order valence-electron chi connectivity index (χ3n) is 3.84. The van der Waals surface area contributed by atoms with Gasteiger partial charge in [0.15, 0.2) is 0 Å². The number of carbonyl (C=O) groups is 1. The van der Waals surface area contributed by atoms with Crippen molar-refractivity contribution in [3.63, 3.8) is 0 Å². The van der Waals surface area contributed by atoms with E-state index in [-0.39, 0.29) is 12.1 Å². The summed E-state index contributed by atoms with van der Waals surface area (Å²) in [6, 6.07) is 0.266. The normalized spacial score (nSPS) is 19.3. The molecule has 0 bridgehead atoms. The molecular weight excluding hydrogens is 280 g/mol. The van der Waals surface area contributed by atoms with E-state index in [0.29, 0.717) is 0 Å². The Labute approximate surface area is 135 Å². The van der Waals surface area contributed by atoms with Crippen LogP contribution >= 0.6 is 0 Å². The molecule has 5 nitrogen and oxygen atoms in total. The fourth-order valence-electron chi connectivity index (χ4n) is 2.72. The van der Waals surface area contributed by atoms with Crippen LogP contribution in [-0.4, -0.2) is 56.0 Å². The average molecular weight is 314 g/mol. The first-order valence-corrected chi connectivity index (χ1v) is 8.63. The molecule has 1 heterocycles. The van der Waals surface area contributed by atoms with Gasteiger partial charge in [0, 0.05) is 32.8 Å². The Morgan fingerprint density at radius 3 is 2.68 bits per heavy atom. The van der Waals surface area contributed by atoms with Crippen LogP contribution in [0.5, 0.6) is 0 Å². The number of piperidine rings is 1. The first kappa shape index (κ1) is 19.2. The third-order valence-corrected chi connectivity index (χ3v) is 3.84. The van der Waals surface area contributed by atoms with Crippen molar-refractivity contribution in [3.05, 3.63) is 0 Å². The maximum Gasteiger partial charge on any atom is 0.410 e. The molecule has 5 heteroatoms. The summed E-state index contributed by atoms with van der Waals surface area (Å²) >= 11 is 0. The van der Waals surface area contributed by atoms with Gasteiger partial charge in [0.2, 0.25) is 0 Å². The van der Waals surface area contributed by atoms with E-state index in [9.17, 15) is 4.79 Å². The fraction of sp³-hybridized carbons (Fsp3) is 0.941. The first-order valence-electron chi connectivity index (χ1n) is 8.63. The maximum atomic E-state index is 12.3. The van der Waals surface area contributed by atoms with E-state index in [1.165, 1.54) is 12.8 Å². The molecule has 0 aromatic carbocycles. The summed E-state index contributed by atoms with van der Waals surface area (Å²) in [6.07, 6.45) is 6.62. The van der Waals surface area contributed by atoms with E-state index in [1.807, 2.05) is 25.7 Å². The quantitative estimate of drug-likeness (QED) is 0.699. The molecule has 0 radical (unpaired) electrons. The molecule has 0 aromatic heterocycles. The van der Waals surface area contributed by atoms with Crippen LogP contribution in [0.15, 0.2) is 0 Å². The van der Waals surface area contributed by atoms with Crippen molar-refractivity contribution in [3.8, 4) is 0 Å². The van der Waals surface area contributed by atoms with Crippen LogP contribution in [0.25, 0.3) is 0 Å². The zero-order valence-electron chi connectivity index (χ0n) is 14.8. The molecule has 0 spiro atoms. The van der Waals surface area contributed by atoms with Crippen molar-refractivity contribution in [1.29, 1.82) is 0 Å². The number of rotatable bonds is 8. The minimum Gasteiger partial charge on any atom is -0.444 e. The number of hydrogen-bond donors (Lipinski definition) is 1. The molecular formula is C17H34N2O3. The molecule has 1 amide bonds. The molecule has 1 N–H and O–H groups in total. The summed E-state index contributed by atoms with van der Waals surface area (Å²) in [4.78, 5) is 14.2. The summed E-state index contributed by atoms with van der Waals surface area (Å²) < 4.78 is 10.6. The smallest absolute Gasteiger partial charge is 0.410 e. The lowest BCUT2D eigenvalue weighted by atomic mass is 10.0. The number of nitrogens with one attached hydrogen (secondary N) is 1. The fourth-order valence-corrected chi connectivity index (χ4v) is 2.72. The van der Waals surface area contributed by atoms with E-state index >= 15 is 0 Å². The molecule has 1 atom stereocenters. The Balaban J connectivity index is 2.28. The average Bonchev–Trinajstić information content (AvgIpc) is 2.45. The number of likely N-dealkylation sites (tertiary alicyclic amines) is 1. The van der Waals surface area contributed by atoms with Crippen molar-refractivity contribution in [2.75, 3.05) is 33.4 Å². The largest absolute Gasteiger partial charge is 0.444 e. The third kappa shape index (κ3) is 7.99. The molecule has 1 aliphatic heterocycles. The number of carbonyl (C=O) groups excluding carboxylic acids is 1. The van der Waals surface area contributed by atoms with Crippen molar-refractivity contribution in [2.24, 2.45) is 0 Å². The molecule has 130 valence electrons. The second-order valence-corrected chi connectivity index (χ2v) is 7.08. The van der Waals surface area contributed by atoms with Crippen LogP contribution < -0.4 is 5.32 Å². The first-order chi connectivity index (χ1) is 10.4. The van der Waals surface area contributed by atoms with Gasteiger partial charge in [-0.15, -0.1) is 0 Å². The van der Waals surface area contributed by atoms with Gasteiger partial charge < -0.3 is 19.7 Å². The summed E-state index contributed by atoms with van der Waals surface area (Å²) in [7, 11) is 1.74. The topological polar surface area (TPSA) is 50.8 Å². The van der Waals surface area contributed by atoms with Crippen LogP contribution in [0.3, 0.4) is 0 Å². The van der Waals surface area contributed by atoms with Gasteiger partial charge in [-0.25, -0.2) is 4.79 Å². The van der Waals surface area contributed by atoms with Crippen LogP contribution in [0.4, 0.5) is 4.79 Å². The van der Waals surface area contributed by atoms with Gasteiger partial charge in [0.25, 0.3) is 0 Å². The van der Waals surface area contributed by atoms with E-state index in [0.717, 1.165) is 51.9 Å². The molecule has 0 aromatic rings. The predicted molar refractivity (Wildman–Crippen MR) is 89.2 cm³/mol. The summed E-state index contributed by atoms with van der Waals surface area (Å²) in [5, 5.41) is 3.49. The highest BCUT2D eigenvalue weighted by Gasteiger charge is 2.29. The molecule has 1 aliphatic rings. The van der Waals surface area contributed by atoms with E-state index in [1.54, 1.807) is 7.11 Å². The van der Waals surface area contributed by atoms with Crippen molar-refractivity contribution in [1.82, 2.24) is 10.2 Å². The summed E-state index contributed by atoms with van der Waals surface area (Å²) in [6.45, 7) is 9.28. The minimum absolute atomic E-state index is 0.168. The van der Waals surface area contributed by atoms with Crippen LogP contribution in [0, 0.1) is 0 Å². The lowest BCUT2D eigenvalue weighted by Gasteiger charge is -2.37.